The monoisotopic (exact) mass is 284 g/mol. The Hall–Kier alpha value is -2.13. The van der Waals surface area contributed by atoms with Crippen molar-refractivity contribution in [1.29, 1.82) is 0 Å². The lowest BCUT2D eigenvalue weighted by Crippen LogP contribution is -2.11. The third-order valence-corrected chi connectivity index (χ3v) is 3.26. The van der Waals surface area contributed by atoms with Gasteiger partial charge in [-0.05, 0) is 31.0 Å². The molecule has 0 N–H and O–H groups in total. The van der Waals surface area contributed by atoms with Gasteiger partial charge in [0.15, 0.2) is 12.4 Å². The van der Waals surface area contributed by atoms with Crippen LogP contribution in [-0.2, 0) is 11.2 Å². The molecule has 2 rings (SSSR count). The lowest BCUT2D eigenvalue weighted by Gasteiger charge is -2.07. The number of ether oxygens (including phenoxy) is 2. The van der Waals surface area contributed by atoms with E-state index in [0.29, 0.717) is 17.9 Å². The summed E-state index contributed by atoms with van der Waals surface area (Å²) in [5, 5.41) is 0. The number of aryl methyl sites for hydroxylation is 1. The molecule has 0 aliphatic rings. The molecule has 2 aromatic rings. The van der Waals surface area contributed by atoms with Gasteiger partial charge in [-0.15, -0.1) is 0 Å². The number of rotatable bonds is 7. The van der Waals surface area contributed by atoms with Crippen molar-refractivity contribution in [2.75, 3.05) is 20.3 Å². The number of hydrogen-bond acceptors (Lipinski definition) is 3. The number of carbonyl (C=O) groups excluding carboxylic acids is 1. The van der Waals surface area contributed by atoms with E-state index >= 15 is 0 Å². The Morgan fingerprint density at radius 1 is 1.00 bits per heavy atom. The van der Waals surface area contributed by atoms with Crippen molar-refractivity contribution in [2.24, 2.45) is 0 Å². The van der Waals surface area contributed by atoms with Gasteiger partial charge in [0.1, 0.15) is 5.75 Å². The van der Waals surface area contributed by atoms with Gasteiger partial charge in [-0.2, -0.15) is 0 Å². The summed E-state index contributed by atoms with van der Waals surface area (Å²) < 4.78 is 10.6. The zero-order valence-electron chi connectivity index (χ0n) is 12.5. The van der Waals surface area contributed by atoms with Crippen molar-refractivity contribution in [1.82, 2.24) is 0 Å². The number of ketones is 1. The van der Waals surface area contributed by atoms with E-state index in [4.69, 9.17) is 9.47 Å². The molecule has 0 amide bonds. The molecule has 0 heterocycles. The van der Waals surface area contributed by atoms with Crippen LogP contribution in [0.4, 0.5) is 0 Å². The maximum atomic E-state index is 12.0. The fraction of sp³-hybridized carbons (Fsp3) is 0.278. The molecule has 0 spiro atoms. The van der Waals surface area contributed by atoms with Crippen LogP contribution in [0.1, 0.15) is 21.5 Å². The van der Waals surface area contributed by atoms with Crippen molar-refractivity contribution < 1.29 is 14.3 Å². The summed E-state index contributed by atoms with van der Waals surface area (Å²) in [7, 11) is 1.69. The first-order chi connectivity index (χ1) is 10.2. The summed E-state index contributed by atoms with van der Waals surface area (Å²) >= 11 is 0. The van der Waals surface area contributed by atoms with Crippen molar-refractivity contribution in [3.8, 4) is 5.75 Å². The molecule has 0 saturated heterocycles. The smallest absolute Gasteiger partial charge is 0.200 e. The average molecular weight is 284 g/mol. The summed E-state index contributed by atoms with van der Waals surface area (Å²) in [6, 6.07) is 15.3. The highest BCUT2D eigenvalue weighted by Crippen LogP contribution is 2.13. The van der Waals surface area contributed by atoms with Crippen LogP contribution in [-0.4, -0.2) is 26.1 Å². The quantitative estimate of drug-likeness (QED) is 0.731. The largest absolute Gasteiger partial charge is 0.485 e. The number of benzene rings is 2. The van der Waals surface area contributed by atoms with Crippen LogP contribution in [0.5, 0.6) is 5.75 Å². The highest BCUT2D eigenvalue weighted by atomic mass is 16.5. The molecule has 0 saturated carbocycles. The molecule has 0 atom stereocenters. The minimum atomic E-state index is -0.0153. The van der Waals surface area contributed by atoms with E-state index in [-0.39, 0.29) is 12.4 Å². The fourth-order valence-corrected chi connectivity index (χ4v) is 1.94. The normalized spacial score (nSPS) is 10.4. The highest BCUT2D eigenvalue weighted by molar-refractivity contribution is 5.97. The Balaban J connectivity index is 1.87. The summed E-state index contributed by atoms with van der Waals surface area (Å²) in [5.41, 5.74) is 3.01. The zero-order valence-corrected chi connectivity index (χ0v) is 12.5. The summed E-state index contributed by atoms with van der Waals surface area (Å²) in [6.07, 6.45) is 0.874. The lowest BCUT2D eigenvalue weighted by molar-refractivity contribution is 0.0921. The Labute approximate surface area is 125 Å². The number of Topliss-reactive ketones (excluding diaryl/α,β-unsaturated/α-hetero) is 1. The highest BCUT2D eigenvalue weighted by Gasteiger charge is 2.06. The topological polar surface area (TPSA) is 35.5 Å². The van der Waals surface area contributed by atoms with Gasteiger partial charge < -0.3 is 9.47 Å². The van der Waals surface area contributed by atoms with Gasteiger partial charge in [0.25, 0.3) is 0 Å². The van der Waals surface area contributed by atoms with Crippen LogP contribution in [0.2, 0.25) is 0 Å². The van der Waals surface area contributed by atoms with Crippen molar-refractivity contribution >= 4 is 5.78 Å². The van der Waals surface area contributed by atoms with E-state index in [1.165, 1.54) is 5.56 Å². The van der Waals surface area contributed by atoms with Crippen LogP contribution < -0.4 is 4.74 Å². The molecule has 2 aromatic carbocycles. The minimum Gasteiger partial charge on any atom is -0.485 e. The average Bonchev–Trinajstić information content (AvgIpc) is 2.52. The maximum absolute atomic E-state index is 12.0. The van der Waals surface area contributed by atoms with E-state index in [1.54, 1.807) is 7.11 Å². The van der Waals surface area contributed by atoms with Crippen molar-refractivity contribution in [2.45, 2.75) is 13.3 Å². The Bertz CT molecular complexity index is 570. The summed E-state index contributed by atoms with van der Waals surface area (Å²) in [5.74, 6) is 0.690. The molecular formula is C18H20O3. The van der Waals surface area contributed by atoms with E-state index in [2.05, 4.69) is 0 Å². The number of methoxy groups -OCH3 is 1. The zero-order chi connectivity index (χ0) is 15.1. The van der Waals surface area contributed by atoms with E-state index in [1.807, 2.05) is 55.5 Å². The molecule has 0 bridgehead atoms. The predicted octanol–water partition coefficient (Wildman–Crippen LogP) is 3.45. The van der Waals surface area contributed by atoms with Gasteiger partial charge in [-0.3, -0.25) is 4.79 Å². The molecule has 0 aromatic heterocycles. The van der Waals surface area contributed by atoms with E-state index in [9.17, 15) is 4.79 Å². The van der Waals surface area contributed by atoms with E-state index in [0.717, 1.165) is 12.0 Å². The van der Waals surface area contributed by atoms with Crippen LogP contribution >= 0.6 is 0 Å². The molecule has 110 valence electrons. The third-order valence-electron chi connectivity index (χ3n) is 3.26. The molecule has 21 heavy (non-hydrogen) atoms. The van der Waals surface area contributed by atoms with Gasteiger partial charge in [0.2, 0.25) is 0 Å². The molecular weight excluding hydrogens is 264 g/mol. The standard InChI is InChI=1S/C18H20O3/c1-14-3-7-16(8-4-14)18(19)13-21-17-9-5-15(6-10-17)11-12-20-2/h3-10H,11-13H2,1-2H3. The molecule has 3 nitrogen and oxygen atoms in total. The molecule has 3 heteroatoms. The SMILES string of the molecule is COCCc1ccc(OCC(=O)c2ccc(C)cc2)cc1. The van der Waals surface area contributed by atoms with Gasteiger partial charge in [0, 0.05) is 12.7 Å². The Morgan fingerprint density at radius 2 is 1.67 bits per heavy atom. The Morgan fingerprint density at radius 3 is 2.29 bits per heavy atom. The minimum absolute atomic E-state index is 0.0153. The fourth-order valence-electron chi connectivity index (χ4n) is 1.94. The second kappa shape index (κ2) is 7.60. The molecule has 0 fully saturated rings. The predicted molar refractivity (Wildman–Crippen MR) is 83.0 cm³/mol. The van der Waals surface area contributed by atoms with Gasteiger partial charge in [-0.1, -0.05) is 42.0 Å². The van der Waals surface area contributed by atoms with Crippen molar-refractivity contribution in [3.63, 3.8) is 0 Å². The van der Waals surface area contributed by atoms with Crippen LogP contribution in [0, 0.1) is 6.92 Å². The number of carbonyl (C=O) groups is 1. The first-order valence-electron chi connectivity index (χ1n) is 6.99. The van der Waals surface area contributed by atoms with E-state index < -0.39 is 0 Å². The van der Waals surface area contributed by atoms with Gasteiger partial charge >= 0.3 is 0 Å². The molecule has 0 unspecified atom stereocenters. The van der Waals surface area contributed by atoms with Gasteiger partial charge in [0.05, 0.1) is 6.61 Å². The Kier molecular flexibility index (Phi) is 5.52. The summed E-state index contributed by atoms with van der Waals surface area (Å²) in [4.78, 5) is 12.0. The third kappa shape index (κ3) is 4.72. The maximum Gasteiger partial charge on any atom is 0.200 e. The first kappa shape index (κ1) is 15.3. The summed E-state index contributed by atoms with van der Waals surface area (Å²) in [6.45, 7) is 2.75. The van der Waals surface area contributed by atoms with Gasteiger partial charge in [-0.25, -0.2) is 0 Å². The second-order valence-electron chi connectivity index (χ2n) is 4.96. The molecule has 0 aliphatic carbocycles. The van der Waals surface area contributed by atoms with Crippen LogP contribution in [0.25, 0.3) is 0 Å². The van der Waals surface area contributed by atoms with Crippen molar-refractivity contribution in [3.05, 3.63) is 65.2 Å². The second-order valence-corrected chi connectivity index (χ2v) is 4.96. The molecule has 0 aliphatic heterocycles. The van der Waals surface area contributed by atoms with Crippen LogP contribution in [0.15, 0.2) is 48.5 Å². The number of hydrogen-bond donors (Lipinski definition) is 0. The molecule has 0 radical (unpaired) electrons. The lowest BCUT2D eigenvalue weighted by atomic mass is 10.1. The van der Waals surface area contributed by atoms with Crippen LogP contribution in [0.3, 0.4) is 0 Å². The first-order valence-corrected chi connectivity index (χ1v) is 6.99.